The summed E-state index contributed by atoms with van der Waals surface area (Å²) in [6, 6.07) is 6.52. The minimum absolute atomic E-state index is 0.495. The average molecular weight is 322 g/mol. The number of hydrogen-bond donors (Lipinski definition) is 2. The Bertz CT molecular complexity index is 563. The highest BCUT2D eigenvalue weighted by molar-refractivity contribution is 7.14. The molecule has 114 valence electrons. The molecular formula is C17H23NOS2. The van der Waals surface area contributed by atoms with Gasteiger partial charge in [-0.2, -0.15) is 0 Å². The molecule has 2 aromatic heterocycles. The molecule has 0 radical (unpaired) electrons. The van der Waals surface area contributed by atoms with E-state index in [1.807, 2.05) is 0 Å². The fraction of sp³-hybridized carbons (Fsp3) is 0.529. The smallest absolute Gasteiger partial charge is 0.0774 e. The lowest BCUT2D eigenvalue weighted by Crippen LogP contribution is -2.43. The largest absolute Gasteiger partial charge is 0.389 e. The van der Waals surface area contributed by atoms with Crippen molar-refractivity contribution in [3.8, 4) is 10.4 Å². The molecule has 3 rings (SSSR count). The van der Waals surface area contributed by atoms with E-state index in [4.69, 9.17) is 0 Å². The normalized spacial score (nSPS) is 26.1. The third kappa shape index (κ3) is 3.95. The molecule has 1 fully saturated rings. The highest BCUT2D eigenvalue weighted by atomic mass is 32.1. The fourth-order valence-corrected chi connectivity index (χ4v) is 4.90. The summed E-state index contributed by atoms with van der Waals surface area (Å²) in [4.78, 5) is 2.67. The Morgan fingerprint density at radius 2 is 2.33 bits per heavy atom. The minimum Gasteiger partial charge on any atom is -0.389 e. The van der Waals surface area contributed by atoms with Crippen molar-refractivity contribution in [1.82, 2.24) is 5.32 Å². The SMILES string of the molecule is CC1CCCC(O)(CNCc2cc(-c3cccs3)cs2)C1. The van der Waals surface area contributed by atoms with Crippen molar-refractivity contribution in [3.05, 3.63) is 33.8 Å². The van der Waals surface area contributed by atoms with Crippen LogP contribution in [0.2, 0.25) is 0 Å². The lowest BCUT2D eigenvalue weighted by Gasteiger charge is -2.35. The van der Waals surface area contributed by atoms with Gasteiger partial charge in [-0.25, -0.2) is 0 Å². The van der Waals surface area contributed by atoms with E-state index in [1.165, 1.54) is 21.7 Å². The van der Waals surface area contributed by atoms with E-state index in [1.54, 1.807) is 22.7 Å². The van der Waals surface area contributed by atoms with Crippen molar-refractivity contribution in [1.29, 1.82) is 0 Å². The van der Waals surface area contributed by atoms with Crippen LogP contribution in [0.1, 0.15) is 37.5 Å². The second kappa shape index (κ2) is 6.61. The fourth-order valence-electron chi connectivity index (χ4n) is 3.26. The number of thiophene rings is 2. The topological polar surface area (TPSA) is 32.3 Å². The van der Waals surface area contributed by atoms with Crippen molar-refractivity contribution in [2.24, 2.45) is 5.92 Å². The lowest BCUT2D eigenvalue weighted by atomic mass is 9.79. The molecule has 2 nitrogen and oxygen atoms in total. The highest BCUT2D eigenvalue weighted by Crippen LogP contribution is 2.32. The van der Waals surface area contributed by atoms with Gasteiger partial charge >= 0.3 is 0 Å². The Kier molecular flexibility index (Phi) is 4.79. The summed E-state index contributed by atoms with van der Waals surface area (Å²) in [5.74, 6) is 0.651. The highest BCUT2D eigenvalue weighted by Gasteiger charge is 2.31. The molecule has 0 spiro atoms. The van der Waals surface area contributed by atoms with Crippen molar-refractivity contribution in [2.45, 2.75) is 44.8 Å². The van der Waals surface area contributed by atoms with Gasteiger partial charge < -0.3 is 10.4 Å². The van der Waals surface area contributed by atoms with Crippen LogP contribution in [-0.4, -0.2) is 17.3 Å². The molecule has 0 bridgehead atoms. The van der Waals surface area contributed by atoms with Gasteiger partial charge in [0, 0.05) is 28.4 Å². The van der Waals surface area contributed by atoms with Crippen LogP contribution in [0.3, 0.4) is 0 Å². The summed E-state index contributed by atoms with van der Waals surface area (Å²) in [6.07, 6.45) is 4.29. The third-order valence-corrected chi connectivity index (χ3v) is 6.14. The Morgan fingerprint density at radius 1 is 1.43 bits per heavy atom. The van der Waals surface area contributed by atoms with Crippen LogP contribution < -0.4 is 5.32 Å². The van der Waals surface area contributed by atoms with Crippen LogP contribution in [0, 0.1) is 5.92 Å². The molecule has 21 heavy (non-hydrogen) atoms. The first kappa shape index (κ1) is 15.2. The van der Waals surface area contributed by atoms with Gasteiger partial charge in [-0.3, -0.25) is 0 Å². The van der Waals surface area contributed by atoms with Crippen LogP contribution >= 0.6 is 22.7 Å². The summed E-state index contributed by atoms with van der Waals surface area (Å²) in [5.41, 5.74) is 0.822. The van der Waals surface area contributed by atoms with Gasteiger partial charge in [-0.15, -0.1) is 22.7 Å². The predicted octanol–water partition coefficient (Wildman–Crippen LogP) is 4.51. The van der Waals surface area contributed by atoms with Gasteiger partial charge in [0.15, 0.2) is 0 Å². The first-order chi connectivity index (χ1) is 10.1. The Hall–Kier alpha value is -0.680. The number of nitrogens with one attached hydrogen (secondary N) is 1. The predicted molar refractivity (Wildman–Crippen MR) is 91.9 cm³/mol. The molecule has 2 unspecified atom stereocenters. The summed E-state index contributed by atoms with van der Waals surface area (Å²) in [7, 11) is 0. The van der Waals surface area contributed by atoms with Crippen LogP contribution in [0.15, 0.2) is 29.0 Å². The second-order valence-corrected chi connectivity index (χ2v) is 8.25. The molecule has 4 heteroatoms. The van der Waals surface area contributed by atoms with Crippen LogP contribution in [0.5, 0.6) is 0 Å². The Labute approximate surface area is 134 Å². The summed E-state index contributed by atoms with van der Waals surface area (Å²) < 4.78 is 0. The van der Waals surface area contributed by atoms with Crippen molar-refractivity contribution >= 4 is 22.7 Å². The molecule has 0 amide bonds. The lowest BCUT2D eigenvalue weighted by molar-refractivity contribution is -0.0118. The van der Waals surface area contributed by atoms with E-state index in [9.17, 15) is 5.11 Å². The molecule has 0 aliphatic heterocycles. The maximum Gasteiger partial charge on any atom is 0.0774 e. The van der Waals surface area contributed by atoms with Crippen LogP contribution in [-0.2, 0) is 6.54 Å². The summed E-state index contributed by atoms with van der Waals surface area (Å²) in [5, 5.41) is 18.4. The maximum atomic E-state index is 10.6. The maximum absolute atomic E-state index is 10.6. The molecule has 2 heterocycles. The van der Waals surface area contributed by atoms with Crippen molar-refractivity contribution < 1.29 is 5.11 Å². The van der Waals surface area contributed by atoms with E-state index in [-0.39, 0.29) is 0 Å². The first-order valence-corrected chi connectivity index (χ1v) is 9.45. The zero-order valence-electron chi connectivity index (χ0n) is 12.5. The van der Waals surface area contributed by atoms with E-state index >= 15 is 0 Å². The molecule has 2 aromatic rings. The zero-order chi connectivity index (χ0) is 14.7. The standard InChI is InChI=1S/C17H23NOS2/c1-13-4-2-6-17(19,9-13)12-18-10-15-8-14(11-21-15)16-5-3-7-20-16/h3,5,7-8,11,13,18-19H,2,4,6,9-10,12H2,1H3. The monoisotopic (exact) mass is 321 g/mol. The molecule has 0 aromatic carbocycles. The molecule has 0 saturated heterocycles. The number of hydrogen-bond acceptors (Lipinski definition) is 4. The van der Waals surface area contributed by atoms with Gasteiger partial charge in [0.1, 0.15) is 0 Å². The Morgan fingerprint density at radius 3 is 3.10 bits per heavy atom. The summed E-state index contributed by atoms with van der Waals surface area (Å²) in [6.45, 7) is 3.81. The van der Waals surface area contributed by atoms with Crippen LogP contribution in [0.4, 0.5) is 0 Å². The van der Waals surface area contributed by atoms with Gasteiger partial charge in [-0.05, 0) is 41.7 Å². The van der Waals surface area contributed by atoms with Gasteiger partial charge in [0.05, 0.1) is 5.60 Å². The summed E-state index contributed by atoms with van der Waals surface area (Å²) >= 11 is 3.58. The molecular weight excluding hydrogens is 298 g/mol. The average Bonchev–Trinajstić information content (AvgIpc) is 3.08. The molecule has 2 N–H and O–H groups in total. The van der Waals surface area contributed by atoms with Gasteiger partial charge in [-0.1, -0.05) is 25.8 Å². The minimum atomic E-state index is -0.495. The zero-order valence-corrected chi connectivity index (χ0v) is 14.1. The van der Waals surface area contributed by atoms with E-state index in [0.29, 0.717) is 12.5 Å². The van der Waals surface area contributed by atoms with E-state index < -0.39 is 5.60 Å². The molecule has 2 atom stereocenters. The van der Waals surface area contributed by atoms with E-state index in [2.05, 4.69) is 41.2 Å². The number of rotatable bonds is 5. The van der Waals surface area contributed by atoms with Crippen molar-refractivity contribution in [2.75, 3.05) is 6.54 Å². The first-order valence-electron chi connectivity index (χ1n) is 7.69. The third-order valence-electron chi connectivity index (χ3n) is 4.28. The molecule has 1 aliphatic rings. The van der Waals surface area contributed by atoms with Gasteiger partial charge in [0.2, 0.25) is 0 Å². The van der Waals surface area contributed by atoms with Crippen molar-refractivity contribution in [3.63, 3.8) is 0 Å². The molecule has 1 aliphatic carbocycles. The van der Waals surface area contributed by atoms with Crippen LogP contribution in [0.25, 0.3) is 10.4 Å². The quantitative estimate of drug-likeness (QED) is 0.849. The number of aliphatic hydroxyl groups is 1. The van der Waals surface area contributed by atoms with Gasteiger partial charge in [0.25, 0.3) is 0 Å². The van der Waals surface area contributed by atoms with E-state index in [0.717, 1.165) is 25.8 Å². The molecule has 1 saturated carbocycles. The Balaban J connectivity index is 1.51. The second-order valence-electron chi connectivity index (χ2n) is 6.31.